The molecule has 1 saturated heterocycles. The normalized spacial score (nSPS) is 25.0. The third kappa shape index (κ3) is 4.56. The summed E-state index contributed by atoms with van der Waals surface area (Å²) < 4.78 is 53.5. The molecule has 1 saturated carbocycles. The van der Waals surface area contributed by atoms with E-state index in [1.54, 1.807) is 32.2 Å². The van der Waals surface area contributed by atoms with Crippen molar-refractivity contribution in [2.45, 2.75) is 83.0 Å². The maximum Gasteiger partial charge on any atom is 0.229 e. The molecule has 0 aromatic carbocycles. The molecular formula is C22H29FN4O4S. The topological polar surface area (TPSA) is 94.5 Å². The minimum atomic E-state index is -3.48. The number of hydrogen-bond acceptors (Lipinski definition) is 7. The lowest BCUT2D eigenvalue weighted by atomic mass is 10.1. The molecule has 2 aromatic rings. The van der Waals surface area contributed by atoms with Crippen molar-refractivity contribution in [3.8, 4) is 17.5 Å². The third-order valence-electron chi connectivity index (χ3n) is 6.09. The van der Waals surface area contributed by atoms with Gasteiger partial charge in [0.05, 0.1) is 28.7 Å². The van der Waals surface area contributed by atoms with Crippen LogP contribution in [0.4, 0.5) is 4.39 Å². The highest BCUT2D eigenvalue weighted by Crippen LogP contribution is 2.40. The number of rotatable bonds is 8. The van der Waals surface area contributed by atoms with Gasteiger partial charge in [0.25, 0.3) is 0 Å². The molecular weight excluding hydrogens is 435 g/mol. The SMILES string of the molecule is Cc1ncccc1Oc1ncnc(O[C@H](C)CC2CC(F)C(C)N2S(=O)(=O)C2CC2)c1C. The van der Waals surface area contributed by atoms with Gasteiger partial charge in [-0.3, -0.25) is 4.98 Å². The fourth-order valence-corrected chi connectivity index (χ4v) is 6.43. The summed E-state index contributed by atoms with van der Waals surface area (Å²) in [6, 6.07) is 2.50. The van der Waals surface area contributed by atoms with Crippen molar-refractivity contribution in [3.05, 3.63) is 35.9 Å². The quantitative estimate of drug-likeness (QED) is 0.587. The first-order chi connectivity index (χ1) is 15.2. The van der Waals surface area contributed by atoms with Crippen molar-refractivity contribution >= 4 is 10.0 Å². The number of nitrogens with zero attached hydrogens (tertiary/aromatic N) is 4. The van der Waals surface area contributed by atoms with E-state index in [2.05, 4.69) is 15.0 Å². The molecule has 10 heteroatoms. The summed E-state index contributed by atoms with van der Waals surface area (Å²) in [4.78, 5) is 12.6. The Balaban J connectivity index is 1.47. The first-order valence-corrected chi connectivity index (χ1v) is 12.4. The molecule has 0 spiro atoms. The number of pyridine rings is 1. The van der Waals surface area contributed by atoms with Gasteiger partial charge < -0.3 is 9.47 Å². The fourth-order valence-electron chi connectivity index (χ4n) is 4.17. The van der Waals surface area contributed by atoms with Crippen molar-refractivity contribution in [2.75, 3.05) is 0 Å². The molecule has 8 nitrogen and oxygen atoms in total. The van der Waals surface area contributed by atoms with Gasteiger partial charge in [0.2, 0.25) is 21.8 Å². The van der Waals surface area contributed by atoms with E-state index in [1.165, 1.54) is 10.6 Å². The molecule has 4 atom stereocenters. The van der Waals surface area contributed by atoms with Gasteiger partial charge in [0.15, 0.2) is 5.75 Å². The number of aryl methyl sites for hydroxylation is 1. The first kappa shape index (κ1) is 22.8. The predicted molar refractivity (Wildman–Crippen MR) is 117 cm³/mol. The largest absolute Gasteiger partial charge is 0.474 e. The number of sulfonamides is 1. The van der Waals surface area contributed by atoms with Crippen molar-refractivity contribution in [1.29, 1.82) is 0 Å². The summed E-state index contributed by atoms with van der Waals surface area (Å²) in [5, 5.41) is -0.367. The fraction of sp³-hybridized carbons (Fsp3) is 0.591. The Bertz CT molecular complexity index is 1080. The van der Waals surface area contributed by atoms with Crippen LogP contribution in [0.1, 0.15) is 50.8 Å². The first-order valence-electron chi connectivity index (χ1n) is 10.9. The minimum absolute atomic E-state index is 0.179. The van der Waals surface area contributed by atoms with Crippen LogP contribution in [0.25, 0.3) is 0 Å². The highest BCUT2D eigenvalue weighted by Gasteiger charge is 2.51. The summed E-state index contributed by atoms with van der Waals surface area (Å²) in [5.74, 6) is 1.29. The lowest BCUT2D eigenvalue weighted by Gasteiger charge is -2.29. The number of hydrogen-bond donors (Lipinski definition) is 0. The molecule has 0 N–H and O–H groups in total. The second-order valence-electron chi connectivity index (χ2n) is 8.68. The van der Waals surface area contributed by atoms with Crippen molar-refractivity contribution in [2.24, 2.45) is 0 Å². The van der Waals surface area contributed by atoms with E-state index in [9.17, 15) is 12.8 Å². The predicted octanol–water partition coefficient (Wildman–Crippen LogP) is 3.73. The molecule has 2 fully saturated rings. The van der Waals surface area contributed by atoms with Crippen LogP contribution < -0.4 is 9.47 Å². The summed E-state index contributed by atoms with van der Waals surface area (Å²) in [5.41, 5.74) is 1.35. The third-order valence-corrected chi connectivity index (χ3v) is 8.63. The van der Waals surface area contributed by atoms with E-state index >= 15 is 0 Å². The van der Waals surface area contributed by atoms with Crippen LogP contribution >= 0.6 is 0 Å². The zero-order chi connectivity index (χ0) is 23.0. The molecule has 3 unspecified atom stereocenters. The Morgan fingerprint density at radius 2 is 1.94 bits per heavy atom. The zero-order valence-electron chi connectivity index (χ0n) is 18.7. The number of ether oxygens (including phenoxy) is 2. The summed E-state index contributed by atoms with van der Waals surface area (Å²) >= 11 is 0. The summed E-state index contributed by atoms with van der Waals surface area (Å²) in [6.45, 7) is 7.12. The monoisotopic (exact) mass is 464 g/mol. The second kappa shape index (κ2) is 8.90. The Hall–Kier alpha value is -2.33. The van der Waals surface area contributed by atoms with E-state index in [0.717, 1.165) is 5.69 Å². The maximum atomic E-state index is 14.5. The lowest BCUT2D eigenvalue weighted by Crippen LogP contribution is -2.44. The molecule has 2 aromatic heterocycles. The highest BCUT2D eigenvalue weighted by molar-refractivity contribution is 7.90. The van der Waals surface area contributed by atoms with Crippen molar-refractivity contribution in [3.63, 3.8) is 0 Å². The van der Waals surface area contributed by atoms with Crippen LogP contribution in [-0.4, -0.2) is 57.3 Å². The molecule has 4 rings (SSSR count). The lowest BCUT2D eigenvalue weighted by molar-refractivity contribution is 0.167. The van der Waals surface area contributed by atoms with Gasteiger partial charge in [-0.2, -0.15) is 4.31 Å². The zero-order valence-corrected chi connectivity index (χ0v) is 19.5. The van der Waals surface area contributed by atoms with Gasteiger partial charge in [-0.25, -0.2) is 22.8 Å². The van der Waals surface area contributed by atoms with Gasteiger partial charge >= 0.3 is 0 Å². The van der Waals surface area contributed by atoms with Gasteiger partial charge in [-0.15, -0.1) is 0 Å². The van der Waals surface area contributed by atoms with Gasteiger partial charge in [-0.05, 0) is 59.1 Å². The average Bonchev–Trinajstić information content (AvgIpc) is 3.54. The molecule has 0 radical (unpaired) electrons. The minimum Gasteiger partial charge on any atom is -0.474 e. The van der Waals surface area contributed by atoms with Crippen LogP contribution in [0.15, 0.2) is 24.7 Å². The average molecular weight is 465 g/mol. The van der Waals surface area contributed by atoms with E-state index < -0.39 is 28.3 Å². The number of alkyl halides is 1. The standard InChI is InChI=1S/C22H29FN4O4S/c1-13(10-17-11-19(23)16(4)27(17)32(28,29)18-7-8-18)30-21-14(2)22(26-12-25-21)31-20-6-5-9-24-15(20)3/h5-6,9,12-13,16-19H,7-8,10-11H2,1-4H3/t13-,16?,17?,19?/m1/s1. The molecule has 3 heterocycles. The molecule has 2 aliphatic rings. The summed E-state index contributed by atoms with van der Waals surface area (Å²) in [7, 11) is -3.48. The molecule has 32 heavy (non-hydrogen) atoms. The van der Waals surface area contributed by atoms with Crippen LogP contribution in [0.3, 0.4) is 0 Å². The molecule has 1 aliphatic heterocycles. The Labute approximate surface area is 188 Å². The van der Waals surface area contributed by atoms with E-state index in [1.807, 2.05) is 13.8 Å². The second-order valence-corrected chi connectivity index (χ2v) is 10.8. The van der Waals surface area contributed by atoms with Gasteiger partial charge in [-0.1, -0.05) is 0 Å². The smallest absolute Gasteiger partial charge is 0.229 e. The number of aromatic nitrogens is 3. The molecule has 1 aliphatic carbocycles. The van der Waals surface area contributed by atoms with Crippen LogP contribution in [0, 0.1) is 13.8 Å². The Morgan fingerprint density at radius 3 is 2.62 bits per heavy atom. The highest BCUT2D eigenvalue weighted by atomic mass is 32.2. The Morgan fingerprint density at radius 1 is 1.22 bits per heavy atom. The van der Waals surface area contributed by atoms with Crippen molar-refractivity contribution < 1.29 is 22.3 Å². The van der Waals surface area contributed by atoms with Crippen LogP contribution in [-0.2, 0) is 10.0 Å². The maximum absolute atomic E-state index is 14.5. The van der Waals surface area contributed by atoms with Crippen LogP contribution in [0.2, 0.25) is 0 Å². The van der Waals surface area contributed by atoms with Gasteiger partial charge in [0.1, 0.15) is 12.5 Å². The van der Waals surface area contributed by atoms with E-state index in [0.29, 0.717) is 42.3 Å². The van der Waals surface area contributed by atoms with Gasteiger partial charge in [0, 0.05) is 18.7 Å². The van der Waals surface area contributed by atoms with Crippen molar-refractivity contribution in [1.82, 2.24) is 19.3 Å². The van der Waals surface area contributed by atoms with Crippen LogP contribution in [0.5, 0.6) is 17.5 Å². The molecule has 0 bridgehead atoms. The van der Waals surface area contributed by atoms with E-state index in [-0.39, 0.29) is 17.8 Å². The Kier molecular flexibility index (Phi) is 6.35. The molecule has 0 amide bonds. The summed E-state index contributed by atoms with van der Waals surface area (Å²) in [6.07, 6.45) is 3.34. The van der Waals surface area contributed by atoms with E-state index in [4.69, 9.17) is 9.47 Å². The number of halogens is 1. The molecule has 174 valence electrons.